The second kappa shape index (κ2) is 15.5. The summed E-state index contributed by atoms with van der Waals surface area (Å²) in [6.07, 6.45) is 9.34. The number of alkyl halides is 3. The minimum Gasteiger partial charge on any atom is -0.352 e. The third-order valence-electron chi connectivity index (χ3n) is 5.71. The van der Waals surface area contributed by atoms with E-state index in [4.69, 9.17) is 0 Å². The minimum absolute atomic E-state index is 0.0929. The van der Waals surface area contributed by atoms with Crippen molar-refractivity contribution in [2.45, 2.75) is 90.4 Å². The molecule has 0 spiro atoms. The Morgan fingerprint density at radius 3 is 2.15 bits per heavy atom. The van der Waals surface area contributed by atoms with Crippen LogP contribution in [0, 0.1) is 0 Å². The lowest BCUT2D eigenvalue weighted by atomic mass is 10.1. The Bertz CT molecular complexity index is 838. The van der Waals surface area contributed by atoms with E-state index in [9.17, 15) is 18.0 Å². The quantitative estimate of drug-likeness (QED) is 0.264. The smallest absolute Gasteiger partial charge is 0.352 e. The number of unbranched alkanes of at least 4 members (excludes halogenated alkanes) is 9. The van der Waals surface area contributed by atoms with Crippen molar-refractivity contribution in [3.05, 3.63) is 65.0 Å². The topological polar surface area (TPSA) is 56.1 Å². The van der Waals surface area contributed by atoms with E-state index < -0.39 is 11.9 Å². The molecule has 1 amide bonds. The van der Waals surface area contributed by atoms with Gasteiger partial charge in [-0.3, -0.25) is 9.78 Å². The first-order valence-electron chi connectivity index (χ1n) is 12.4. The van der Waals surface area contributed by atoms with Crippen molar-refractivity contribution in [2.24, 2.45) is 0 Å². The van der Waals surface area contributed by atoms with Crippen LogP contribution in [-0.4, -0.2) is 17.4 Å². The summed E-state index contributed by atoms with van der Waals surface area (Å²) in [6.45, 7) is 3.55. The van der Waals surface area contributed by atoms with E-state index in [0.717, 1.165) is 24.5 Å². The summed E-state index contributed by atoms with van der Waals surface area (Å²) in [5.41, 5.74) is 1.17. The second-order valence-electron chi connectivity index (χ2n) is 8.73. The van der Waals surface area contributed by atoms with Crippen molar-refractivity contribution < 1.29 is 18.0 Å². The number of pyridine rings is 1. The molecule has 0 aliphatic carbocycles. The van der Waals surface area contributed by atoms with Crippen molar-refractivity contribution in [3.63, 3.8) is 0 Å². The van der Waals surface area contributed by atoms with Gasteiger partial charge in [0.25, 0.3) is 5.91 Å². The van der Waals surface area contributed by atoms with Crippen LogP contribution in [0.25, 0.3) is 0 Å². The lowest BCUT2D eigenvalue weighted by Gasteiger charge is -2.08. The van der Waals surface area contributed by atoms with Crippen molar-refractivity contribution in [1.29, 1.82) is 0 Å². The summed E-state index contributed by atoms with van der Waals surface area (Å²) in [4.78, 5) is 15.9. The van der Waals surface area contributed by atoms with Crippen LogP contribution in [-0.2, 0) is 19.3 Å². The maximum Gasteiger partial charge on any atom is 0.433 e. The zero-order valence-corrected chi connectivity index (χ0v) is 20.2. The molecule has 187 valence electrons. The number of hydrogen-bond acceptors (Lipinski definition) is 2. The van der Waals surface area contributed by atoms with Gasteiger partial charge in [-0.2, -0.15) is 13.2 Å². The van der Waals surface area contributed by atoms with Gasteiger partial charge >= 0.3 is 6.18 Å². The molecule has 0 atom stereocenters. The van der Waals surface area contributed by atoms with Crippen LogP contribution < -0.4 is 10.6 Å². The largest absolute Gasteiger partial charge is 0.433 e. The summed E-state index contributed by atoms with van der Waals surface area (Å²) in [7, 11) is 0. The van der Waals surface area contributed by atoms with Crippen LogP contribution >= 0.6 is 0 Å². The fourth-order valence-corrected chi connectivity index (χ4v) is 3.73. The minimum atomic E-state index is -4.44. The Kier molecular flexibility index (Phi) is 12.7. The van der Waals surface area contributed by atoms with Gasteiger partial charge in [0.05, 0.1) is 0 Å². The molecular weight excluding hydrogens is 439 g/mol. The highest BCUT2D eigenvalue weighted by Gasteiger charge is 2.31. The van der Waals surface area contributed by atoms with Crippen LogP contribution in [0.2, 0.25) is 0 Å². The van der Waals surface area contributed by atoms with E-state index in [-0.39, 0.29) is 12.5 Å². The lowest BCUT2D eigenvalue weighted by molar-refractivity contribution is -0.141. The zero-order valence-electron chi connectivity index (χ0n) is 20.2. The zero-order chi connectivity index (χ0) is 24.7. The summed E-state index contributed by atoms with van der Waals surface area (Å²) in [5.74, 6) is -0.0929. The van der Waals surface area contributed by atoms with Crippen LogP contribution in [0.4, 0.5) is 13.2 Å². The number of benzene rings is 1. The molecule has 1 aromatic heterocycles. The molecule has 0 fully saturated rings. The molecule has 0 unspecified atom stereocenters. The Morgan fingerprint density at radius 1 is 0.882 bits per heavy atom. The number of halogens is 3. The second-order valence-corrected chi connectivity index (χ2v) is 8.73. The molecule has 4 nitrogen and oxygen atoms in total. The molecule has 7 heteroatoms. The van der Waals surface area contributed by atoms with E-state index in [1.54, 1.807) is 6.07 Å². The van der Waals surface area contributed by atoms with E-state index in [0.29, 0.717) is 24.2 Å². The molecule has 0 saturated carbocycles. The van der Waals surface area contributed by atoms with Crippen molar-refractivity contribution in [1.82, 2.24) is 15.6 Å². The number of nitrogens with zero attached hydrogens (tertiary/aromatic N) is 2. The lowest BCUT2D eigenvalue weighted by Crippen LogP contribution is -2.24. The average molecular weight is 477 g/mol. The molecule has 0 saturated heterocycles. The fraction of sp³-hybridized carbons (Fsp3) is 0.556. The van der Waals surface area contributed by atoms with E-state index in [2.05, 4.69) is 22.5 Å². The number of aromatic nitrogens is 1. The molecule has 1 aromatic carbocycles. The first kappa shape index (κ1) is 27.8. The molecular formula is C27H37F3N3O. The van der Waals surface area contributed by atoms with Gasteiger partial charge in [0, 0.05) is 31.4 Å². The number of carbonyl (C=O) groups excluding carboxylic acids is 1. The number of carbonyl (C=O) groups is 1. The number of hydrogen-bond donors (Lipinski definition) is 1. The first-order valence-corrected chi connectivity index (χ1v) is 12.4. The molecule has 34 heavy (non-hydrogen) atoms. The average Bonchev–Trinajstić information content (AvgIpc) is 2.82. The van der Waals surface area contributed by atoms with Gasteiger partial charge in [0.2, 0.25) is 0 Å². The van der Waals surface area contributed by atoms with E-state index in [1.807, 2.05) is 18.2 Å². The number of nitrogens with one attached hydrogen (secondary N) is 1. The van der Waals surface area contributed by atoms with Gasteiger partial charge in [0.15, 0.2) is 0 Å². The fourth-order valence-electron chi connectivity index (χ4n) is 3.73. The van der Waals surface area contributed by atoms with E-state index >= 15 is 0 Å². The maximum absolute atomic E-state index is 12.6. The summed E-state index contributed by atoms with van der Waals surface area (Å²) in [5, 5.41) is 7.36. The molecule has 2 aromatic rings. The Labute approximate surface area is 201 Å². The van der Waals surface area contributed by atoms with Gasteiger partial charge in [0.1, 0.15) is 5.69 Å². The third kappa shape index (κ3) is 11.1. The van der Waals surface area contributed by atoms with Gasteiger partial charge in [-0.15, -0.1) is 0 Å². The normalized spacial score (nSPS) is 11.5. The third-order valence-corrected chi connectivity index (χ3v) is 5.71. The first-order chi connectivity index (χ1) is 16.4. The Hall–Kier alpha value is -2.41. The Balaban J connectivity index is 1.61. The van der Waals surface area contributed by atoms with Crippen LogP contribution in [0.5, 0.6) is 0 Å². The Morgan fingerprint density at radius 2 is 1.53 bits per heavy atom. The molecule has 0 aliphatic heterocycles. The van der Waals surface area contributed by atoms with Crippen LogP contribution in [0.1, 0.15) is 98.3 Å². The predicted molar refractivity (Wildman–Crippen MR) is 129 cm³/mol. The molecule has 1 N–H and O–H groups in total. The van der Waals surface area contributed by atoms with E-state index in [1.165, 1.54) is 63.6 Å². The van der Waals surface area contributed by atoms with Gasteiger partial charge < -0.3 is 5.32 Å². The van der Waals surface area contributed by atoms with Crippen molar-refractivity contribution in [2.75, 3.05) is 6.54 Å². The highest BCUT2D eigenvalue weighted by Crippen LogP contribution is 2.27. The highest BCUT2D eigenvalue weighted by atomic mass is 19.4. The van der Waals surface area contributed by atoms with Crippen LogP contribution in [0.3, 0.4) is 0 Å². The monoisotopic (exact) mass is 476 g/mol. The van der Waals surface area contributed by atoms with Gasteiger partial charge in [-0.25, -0.2) is 5.32 Å². The molecule has 2 rings (SSSR count). The summed E-state index contributed by atoms with van der Waals surface area (Å²) >= 11 is 0. The molecule has 0 aliphatic rings. The standard InChI is InChI=1S/C27H37F3N3O/c1-2-3-4-5-6-7-8-9-10-11-17-32-26(34)24-14-12-13-22(18-24)19-31-20-23-15-16-25(33-21-23)27(28,29)30/h12-16,18,21H,2-11,17,19-20H2,1H3,(H,32,34). The predicted octanol–water partition coefficient (Wildman–Crippen LogP) is 7.06. The van der Waals surface area contributed by atoms with Crippen LogP contribution in [0.15, 0.2) is 42.6 Å². The van der Waals surface area contributed by atoms with Crippen molar-refractivity contribution >= 4 is 5.91 Å². The summed E-state index contributed by atoms with van der Waals surface area (Å²) in [6, 6.07) is 9.63. The number of rotatable bonds is 16. The van der Waals surface area contributed by atoms with Gasteiger partial charge in [-0.1, -0.05) is 82.9 Å². The molecule has 1 radical (unpaired) electrons. The summed E-state index contributed by atoms with van der Waals surface area (Å²) < 4.78 is 37.7. The van der Waals surface area contributed by atoms with Crippen molar-refractivity contribution in [3.8, 4) is 0 Å². The SMILES string of the molecule is CCCCCCCCCCCCNC(=O)c1cccc(C[N]Cc2ccc(C(F)(F)F)nc2)c1. The molecule has 0 bridgehead atoms. The molecule has 1 heterocycles. The highest BCUT2D eigenvalue weighted by molar-refractivity contribution is 5.94. The van der Waals surface area contributed by atoms with Gasteiger partial charge in [-0.05, 0) is 35.7 Å². The number of amides is 1. The maximum atomic E-state index is 12.6.